The Hall–Kier alpha value is -1.34. The first-order valence-corrected chi connectivity index (χ1v) is 8.81. The van der Waals surface area contributed by atoms with Crippen molar-refractivity contribution in [3.05, 3.63) is 28.7 Å². The number of hydrogen-bond donors (Lipinski definition) is 1. The van der Waals surface area contributed by atoms with Crippen molar-refractivity contribution in [1.82, 2.24) is 15.5 Å². The number of nitrogens with one attached hydrogen (secondary N) is 1. The minimum Gasteiger partial charge on any atom is -0.411 e. The van der Waals surface area contributed by atoms with Crippen LogP contribution in [-0.2, 0) is 4.79 Å². The predicted molar refractivity (Wildman–Crippen MR) is 90.6 cm³/mol. The highest BCUT2D eigenvalue weighted by atomic mass is 79.9. The molecule has 1 N–H and O–H groups in total. The Morgan fingerprint density at radius 3 is 2.95 bits per heavy atom. The Balaban J connectivity index is 1.83. The van der Waals surface area contributed by atoms with Gasteiger partial charge in [0, 0.05) is 16.6 Å². The summed E-state index contributed by atoms with van der Waals surface area (Å²) in [5.41, 5.74) is 0.843. The third kappa shape index (κ3) is 5.46. The molecule has 1 heterocycles. The average molecular weight is 384 g/mol. The number of carbonyl (C=O) groups is 1. The first kappa shape index (κ1) is 17.0. The van der Waals surface area contributed by atoms with Gasteiger partial charge in [0.2, 0.25) is 11.8 Å². The molecule has 0 aliphatic heterocycles. The molecule has 0 unspecified atom stereocenters. The second-order valence-electron chi connectivity index (χ2n) is 5.20. The number of carbonyl (C=O) groups excluding carboxylic acids is 1. The minimum absolute atomic E-state index is 0.0205. The summed E-state index contributed by atoms with van der Waals surface area (Å²) in [4.78, 5) is 11.7. The van der Waals surface area contributed by atoms with Crippen LogP contribution in [0, 0.1) is 5.92 Å². The van der Waals surface area contributed by atoms with Crippen LogP contribution in [0.3, 0.4) is 0 Å². The number of nitrogens with zero attached hydrogens (tertiary/aromatic N) is 2. The monoisotopic (exact) mass is 383 g/mol. The smallest absolute Gasteiger partial charge is 0.277 e. The molecular weight excluding hydrogens is 366 g/mol. The highest BCUT2D eigenvalue weighted by Crippen LogP contribution is 2.25. The molecule has 0 spiro atoms. The number of rotatable bonds is 7. The van der Waals surface area contributed by atoms with E-state index in [9.17, 15) is 4.79 Å². The minimum atomic E-state index is -0.0205. The zero-order chi connectivity index (χ0) is 15.9. The number of aromatic nitrogens is 2. The van der Waals surface area contributed by atoms with Gasteiger partial charge in [-0.2, -0.15) is 0 Å². The maximum absolute atomic E-state index is 11.7. The standard InChI is InChI=1S/C15H18BrN3O2S/c1-10(2)6-7-17-13(20)9-22-15-19-18-14(21-15)11-4-3-5-12(16)8-11/h3-5,8,10H,6-7,9H2,1-2H3,(H,17,20). The van der Waals surface area contributed by atoms with Crippen LogP contribution >= 0.6 is 27.7 Å². The zero-order valence-corrected chi connectivity index (χ0v) is 14.9. The van der Waals surface area contributed by atoms with Crippen LogP contribution in [0.25, 0.3) is 11.5 Å². The van der Waals surface area contributed by atoms with E-state index in [-0.39, 0.29) is 11.7 Å². The van der Waals surface area contributed by atoms with Gasteiger partial charge in [0.05, 0.1) is 5.75 Å². The van der Waals surface area contributed by atoms with Gasteiger partial charge in [-0.25, -0.2) is 0 Å². The van der Waals surface area contributed by atoms with Gasteiger partial charge < -0.3 is 9.73 Å². The number of amides is 1. The van der Waals surface area contributed by atoms with E-state index in [1.807, 2.05) is 24.3 Å². The topological polar surface area (TPSA) is 68.0 Å². The molecule has 0 fully saturated rings. The van der Waals surface area contributed by atoms with E-state index < -0.39 is 0 Å². The first-order valence-electron chi connectivity index (χ1n) is 7.03. The fourth-order valence-electron chi connectivity index (χ4n) is 1.68. The lowest BCUT2D eigenvalue weighted by Crippen LogP contribution is -2.26. The molecule has 0 bridgehead atoms. The molecule has 1 aromatic heterocycles. The van der Waals surface area contributed by atoms with Crippen LogP contribution in [0.2, 0.25) is 0 Å². The summed E-state index contributed by atoms with van der Waals surface area (Å²) >= 11 is 4.65. The Labute approximate surface area is 142 Å². The normalized spacial score (nSPS) is 10.9. The zero-order valence-electron chi connectivity index (χ0n) is 12.5. The highest BCUT2D eigenvalue weighted by molar-refractivity contribution is 9.10. The van der Waals surface area contributed by atoms with Crippen molar-refractivity contribution in [2.75, 3.05) is 12.3 Å². The third-order valence-corrected chi connectivity index (χ3v) is 4.16. The number of benzene rings is 1. The summed E-state index contributed by atoms with van der Waals surface area (Å²) in [5.74, 6) is 1.28. The van der Waals surface area contributed by atoms with Crippen molar-refractivity contribution < 1.29 is 9.21 Å². The molecule has 7 heteroatoms. The SMILES string of the molecule is CC(C)CCNC(=O)CSc1nnc(-c2cccc(Br)c2)o1. The first-order chi connectivity index (χ1) is 10.5. The van der Waals surface area contributed by atoms with Crippen molar-refractivity contribution in [2.24, 2.45) is 5.92 Å². The van der Waals surface area contributed by atoms with Gasteiger partial charge in [-0.1, -0.05) is 47.6 Å². The van der Waals surface area contributed by atoms with E-state index in [1.54, 1.807) is 0 Å². The van der Waals surface area contributed by atoms with Gasteiger partial charge in [0.1, 0.15) is 0 Å². The fourth-order valence-corrected chi connectivity index (χ4v) is 2.68. The molecule has 0 radical (unpaired) electrons. The maximum Gasteiger partial charge on any atom is 0.277 e. The van der Waals surface area contributed by atoms with E-state index in [4.69, 9.17) is 4.42 Å². The average Bonchev–Trinajstić information content (AvgIpc) is 2.93. The highest BCUT2D eigenvalue weighted by Gasteiger charge is 2.11. The summed E-state index contributed by atoms with van der Waals surface area (Å²) in [6, 6.07) is 7.63. The molecule has 2 aromatic rings. The summed E-state index contributed by atoms with van der Waals surface area (Å²) in [7, 11) is 0. The Kier molecular flexibility index (Phi) is 6.45. The second-order valence-corrected chi connectivity index (χ2v) is 7.05. The second kappa shape index (κ2) is 8.33. The van der Waals surface area contributed by atoms with Crippen LogP contribution in [0.15, 0.2) is 38.4 Å². The van der Waals surface area contributed by atoms with E-state index in [0.717, 1.165) is 16.5 Å². The molecule has 5 nitrogen and oxygen atoms in total. The van der Waals surface area contributed by atoms with Gasteiger partial charge in [0.15, 0.2) is 0 Å². The van der Waals surface area contributed by atoms with Gasteiger partial charge in [-0.3, -0.25) is 4.79 Å². The van der Waals surface area contributed by atoms with Gasteiger partial charge in [-0.15, -0.1) is 10.2 Å². The van der Waals surface area contributed by atoms with Crippen LogP contribution in [0.1, 0.15) is 20.3 Å². The number of halogens is 1. The van der Waals surface area contributed by atoms with Crippen LogP contribution < -0.4 is 5.32 Å². The van der Waals surface area contributed by atoms with E-state index in [0.29, 0.717) is 23.6 Å². The predicted octanol–water partition coefficient (Wildman–Crippen LogP) is 3.75. The van der Waals surface area contributed by atoms with E-state index in [2.05, 4.69) is 45.3 Å². The van der Waals surface area contributed by atoms with Crippen molar-refractivity contribution in [3.63, 3.8) is 0 Å². The summed E-state index contributed by atoms with van der Waals surface area (Å²) in [6.07, 6.45) is 0.976. The quantitative estimate of drug-likeness (QED) is 0.737. The molecule has 0 aliphatic carbocycles. The summed E-state index contributed by atoms with van der Waals surface area (Å²) < 4.78 is 6.50. The third-order valence-electron chi connectivity index (χ3n) is 2.85. The molecule has 0 aliphatic rings. The molecule has 0 saturated carbocycles. The van der Waals surface area contributed by atoms with Crippen LogP contribution in [-0.4, -0.2) is 28.4 Å². The fraction of sp³-hybridized carbons (Fsp3) is 0.400. The molecule has 0 atom stereocenters. The molecule has 1 aromatic carbocycles. The van der Waals surface area contributed by atoms with Crippen LogP contribution in [0.4, 0.5) is 0 Å². The van der Waals surface area contributed by atoms with Crippen molar-refractivity contribution in [1.29, 1.82) is 0 Å². The van der Waals surface area contributed by atoms with E-state index in [1.165, 1.54) is 11.8 Å². The van der Waals surface area contributed by atoms with Crippen LogP contribution in [0.5, 0.6) is 0 Å². The molecule has 0 saturated heterocycles. The molecule has 118 valence electrons. The van der Waals surface area contributed by atoms with E-state index >= 15 is 0 Å². The Bertz CT molecular complexity index is 631. The molecular formula is C15H18BrN3O2S. The summed E-state index contributed by atoms with van der Waals surface area (Å²) in [5, 5.41) is 11.2. The van der Waals surface area contributed by atoms with Gasteiger partial charge >= 0.3 is 0 Å². The lowest BCUT2D eigenvalue weighted by atomic mass is 10.1. The molecule has 1 amide bonds. The van der Waals surface area contributed by atoms with Crippen molar-refractivity contribution in [2.45, 2.75) is 25.5 Å². The summed E-state index contributed by atoms with van der Waals surface area (Å²) in [6.45, 7) is 4.95. The lowest BCUT2D eigenvalue weighted by molar-refractivity contribution is -0.118. The lowest BCUT2D eigenvalue weighted by Gasteiger charge is -2.05. The maximum atomic E-state index is 11.7. The van der Waals surface area contributed by atoms with Crippen molar-refractivity contribution in [3.8, 4) is 11.5 Å². The molecule has 2 rings (SSSR count). The number of hydrogen-bond acceptors (Lipinski definition) is 5. The van der Waals surface area contributed by atoms with Gasteiger partial charge in [0.25, 0.3) is 5.22 Å². The van der Waals surface area contributed by atoms with Gasteiger partial charge in [-0.05, 0) is 30.5 Å². The Morgan fingerprint density at radius 2 is 2.23 bits per heavy atom. The Morgan fingerprint density at radius 1 is 1.41 bits per heavy atom. The van der Waals surface area contributed by atoms with Crippen molar-refractivity contribution >= 4 is 33.6 Å². The number of thioether (sulfide) groups is 1. The largest absolute Gasteiger partial charge is 0.411 e. The molecule has 22 heavy (non-hydrogen) atoms.